The molecule has 4 nitrogen and oxygen atoms in total. The third-order valence-electron chi connectivity index (χ3n) is 5.02. The second kappa shape index (κ2) is 5.45. The first kappa shape index (κ1) is 14.2. The Balaban J connectivity index is 1.67. The second-order valence-corrected chi connectivity index (χ2v) is 6.37. The molecule has 0 radical (unpaired) electrons. The summed E-state index contributed by atoms with van der Waals surface area (Å²) in [7, 11) is 1.69. The van der Waals surface area contributed by atoms with E-state index in [-0.39, 0.29) is 12.3 Å². The molecular formula is C21H19N3O. The molecule has 25 heavy (non-hydrogen) atoms. The Bertz CT molecular complexity index is 869. The number of hydrogen-bond donors (Lipinski definition) is 2. The lowest BCUT2D eigenvalue weighted by molar-refractivity contribution is 0.414. The maximum absolute atomic E-state index is 5.31. The summed E-state index contributed by atoms with van der Waals surface area (Å²) in [5, 5.41) is 7.43. The summed E-state index contributed by atoms with van der Waals surface area (Å²) in [5.41, 5.74) is 6.03. The van der Waals surface area contributed by atoms with Crippen molar-refractivity contribution in [1.82, 2.24) is 0 Å². The SMILES string of the molecule is COc1ccc(N2[C@H]3Nc4ccccc4[C@@H]2Nc2ccccc23)cc1. The van der Waals surface area contributed by atoms with Crippen molar-refractivity contribution in [2.45, 2.75) is 12.3 Å². The van der Waals surface area contributed by atoms with Crippen molar-refractivity contribution < 1.29 is 4.74 Å². The van der Waals surface area contributed by atoms with Gasteiger partial charge < -0.3 is 20.3 Å². The zero-order chi connectivity index (χ0) is 16.8. The minimum Gasteiger partial charge on any atom is -0.497 e. The van der Waals surface area contributed by atoms with Crippen molar-refractivity contribution in [1.29, 1.82) is 0 Å². The first-order valence-electron chi connectivity index (χ1n) is 8.48. The highest BCUT2D eigenvalue weighted by atomic mass is 16.5. The fourth-order valence-electron chi connectivity index (χ4n) is 3.82. The van der Waals surface area contributed by atoms with Crippen LogP contribution in [0.3, 0.4) is 0 Å². The number of ether oxygens (including phenoxy) is 1. The number of para-hydroxylation sites is 2. The molecular weight excluding hydrogens is 310 g/mol. The van der Waals surface area contributed by atoms with Crippen LogP contribution < -0.4 is 20.3 Å². The standard InChI is InChI=1S/C21H19N3O/c1-25-15-12-10-14(11-13-15)24-20-16-6-2-4-8-18(16)22-21(24)17-7-3-5-9-19(17)23-20/h2-13,20-23H,1H3/t20-,21-/m1/s1. The van der Waals surface area contributed by atoms with Crippen LogP contribution >= 0.6 is 0 Å². The molecule has 3 aromatic carbocycles. The number of benzene rings is 3. The van der Waals surface area contributed by atoms with E-state index in [0.717, 1.165) is 11.4 Å². The van der Waals surface area contributed by atoms with Gasteiger partial charge in [0.05, 0.1) is 7.11 Å². The molecule has 2 aliphatic rings. The van der Waals surface area contributed by atoms with Crippen molar-refractivity contribution in [2.75, 3.05) is 22.6 Å². The van der Waals surface area contributed by atoms with E-state index >= 15 is 0 Å². The molecule has 0 spiro atoms. The predicted molar refractivity (Wildman–Crippen MR) is 101 cm³/mol. The zero-order valence-corrected chi connectivity index (χ0v) is 13.9. The second-order valence-electron chi connectivity index (χ2n) is 6.37. The van der Waals surface area contributed by atoms with Gasteiger partial charge in [-0.05, 0) is 36.4 Å². The van der Waals surface area contributed by atoms with Crippen LogP contribution in [0.15, 0.2) is 72.8 Å². The van der Waals surface area contributed by atoms with Crippen LogP contribution in [0.1, 0.15) is 23.5 Å². The molecule has 2 bridgehead atoms. The third kappa shape index (κ3) is 2.14. The van der Waals surface area contributed by atoms with Gasteiger partial charge in [-0.25, -0.2) is 0 Å². The molecule has 0 saturated heterocycles. The highest BCUT2D eigenvalue weighted by Crippen LogP contribution is 2.48. The average molecular weight is 329 g/mol. The van der Waals surface area contributed by atoms with Gasteiger partial charge in [0, 0.05) is 28.2 Å². The fourth-order valence-corrected chi connectivity index (χ4v) is 3.82. The van der Waals surface area contributed by atoms with Crippen LogP contribution in [-0.4, -0.2) is 7.11 Å². The Hall–Kier alpha value is -3.14. The number of fused-ring (bicyclic) bond motifs is 6. The molecule has 2 heterocycles. The van der Waals surface area contributed by atoms with Gasteiger partial charge in [0.2, 0.25) is 0 Å². The summed E-state index contributed by atoms with van der Waals surface area (Å²) >= 11 is 0. The Morgan fingerprint density at radius 3 is 1.76 bits per heavy atom. The van der Waals surface area contributed by atoms with Gasteiger partial charge in [-0.2, -0.15) is 0 Å². The molecule has 0 unspecified atom stereocenters. The average Bonchev–Trinajstić information content (AvgIpc) is 2.68. The van der Waals surface area contributed by atoms with Crippen LogP contribution in [0.25, 0.3) is 0 Å². The number of rotatable bonds is 2. The number of nitrogens with zero attached hydrogens (tertiary/aromatic N) is 1. The van der Waals surface area contributed by atoms with Gasteiger partial charge in [0.25, 0.3) is 0 Å². The molecule has 2 atom stereocenters. The van der Waals surface area contributed by atoms with Crippen molar-refractivity contribution in [2.24, 2.45) is 0 Å². The monoisotopic (exact) mass is 329 g/mol. The van der Waals surface area contributed by atoms with E-state index in [4.69, 9.17) is 4.74 Å². The Labute approximate surface area is 147 Å². The number of hydrogen-bond acceptors (Lipinski definition) is 4. The predicted octanol–water partition coefficient (Wildman–Crippen LogP) is 4.75. The summed E-state index contributed by atoms with van der Waals surface area (Å²) < 4.78 is 5.31. The first-order chi connectivity index (χ1) is 12.3. The van der Waals surface area contributed by atoms with Gasteiger partial charge >= 0.3 is 0 Å². The highest BCUT2D eigenvalue weighted by molar-refractivity contribution is 5.73. The van der Waals surface area contributed by atoms with Crippen LogP contribution in [0.4, 0.5) is 17.1 Å². The quantitative estimate of drug-likeness (QED) is 0.711. The lowest BCUT2D eigenvalue weighted by Crippen LogP contribution is -2.47. The molecule has 2 aliphatic heterocycles. The maximum atomic E-state index is 5.31. The lowest BCUT2D eigenvalue weighted by Gasteiger charge is -2.50. The molecule has 3 aromatic rings. The summed E-state index contributed by atoms with van der Waals surface area (Å²) in [5.74, 6) is 0.868. The van der Waals surface area contributed by atoms with E-state index in [2.05, 4.69) is 76.2 Å². The molecule has 124 valence electrons. The van der Waals surface area contributed by atoms with Crippen LogP contribution in [-0.2, 0) is 0 Å². The molecule has 0 amide bonds. The summed E-state index contributed by atoms with van der Waals surface area (Å²) in [4.78, 5) is 2.39. The van der Waals surface area contributed by atoms with E-state index in [9.17, 15) is 0 Å². The molecule has 5 rings (SSSR count). The first-order valence-corrected chi connectivity index (χ1v) is 8.48. The Morgan fingerprint density at radius 2 is 1.24 bits per heavy atom. The normalized spacial score (nSPS) is 20.0. The van der Waals surface area contributed by atoms with Gasteiger partial charge in [0.15, 0.2) is 0 Å². The van der Waals surface area contributed by atoms with E-state index < -0.39 is 0 Å². The van der Waals surface area contributed by atoms with Crippen LogP contribution in [0, 0.1) is 0 Å². The minimum atomic E-state index is 0.0887. The highest BCUT2D eigenvalue weighted by Gasteiger charge is 2.39. The summed E-state index contributed by atoms with van der Waals surface area (Å²) in [6, 6.07) is 25.3. The van der Waals surface area contributed by atoms with Crippen molar-refractivity contribution in [3.63, 3.8) is 0 Å². The zero-order valence-electron chi connectivity index (χ0n) is 13.9. The summed E-state index contributed by atoms with van der Waals surface area (Å²) in [6.07, 6.45) is 0.177. The smallest absolute Gasteiger partial charge is 0.130 e. The molecule has 0 aromatic heterocycles. The van der Waals surface area contributed by atoms with E-state index in [1.54, 1.807) is 7.11 Å². The molecule has 0 aliphatic carbocycles. The topological polar surface area (TPSA) is 36.5 Å². The lowest BCUT2D eigenvalue weighted by atomic mass is 9.95. The fraction of sp³-hybridized carbons (Fsp3) is 0.143. The molecule has 2 N–H and O–H groups in total. The van der Waals surface area contributed by atoms with Crippen molar-refractivity contribution in [3.8, 4) is 5.75 Å². The number of methoxy groups -OCH3 is 1. The van der Waals surface area contributed by atoms with Crippen LogP contribution in [0.2, 0.25) is 0 Å². The van der Waals surface area contributed by atoms with E-state index in [1.165, 1.54) is 22.5 Å². The van der Waals surface area contributed by atoms with Crippen molar-refractivity contribution >= 4 is 17.1 Å². The van der Waals surface area contributed by atoms with E-state index in [1.807, 2.05) is 12.1 Å². The Kier molecular flexibility index (Phi) is 3.10. The number of nitrogens with one attached hydrogen (secondary N) is 2. The number of anilines is 3. The largest absolute Gasteiger partial charge is 0.497 e. The van der Waals surface area contributed by atoms with Gasteiger partial charge in [0.1, 0.15) is 18.1 Å². The molecule has 0 saturated carbocycles. The van der Waals surface area contributed by atoms with Gasteiger partial charge in [-0.15, -0.1) is 0 Å². The molecule has 0 fully saturated rings. The Morgan fingerprint density at radius 1 is 0.720 bits per heavy atom. The van der Waals surface area contributed by atoms with Crippen molar-refractivity contribution in [3.05, 3.63) is 83.9 Å². The minimum absolute atomic E-state index is 0.0887. The van der Waals surface area contributed by atoms with E-state index in [0.29, 0.717) is 0 Å². The van der Waals surface area contributed by atoms with Crippen LogP contribution in [0.5, 0.6) is 5.75 Å². The van der Waals surface area contributed by atoms with Gasteiger partial charge in [-0.3, -0.25) is 0 Å². The summed E-state index contributed by atoms with van der Waals surface area (Å²) in [6.45, 7) is 0. The molecule has 4 heteroatoms. The third-order valence-corrected chi connectivity index (χ3v) is 5.02. The van der Waals surface area contributed by atoms with Gasteiger partial charge in [-0.1, -0.05) is 36.4 Å². The maximum Gasteiger partial charge on any atom is 0.130 e.